The highest BCUT2D eigenvalue weighted by atomic mass is 16.7. The monoisotopic (exact) mass is 264 g/mol. The van der Waals surface area contributed by atoms with Crippen LogP contribution < -0.4 is 0 Å². The maximum absolute atomic E-state index is 12.0. The second-order valence-corrected chi connectivity index (χ2v) is 4.79. The van der Waals surface area contributed by atoms with Gasteiger partial charge in [-0.25, -0.2) is 0 Å². The summed E-state index contributed by atoms with van der Waals surface area (Å²) in [5.41, 5.74) is 0.726. The van der Waals surface area contributed by atoms with Crippen LogP contribution in [0.1, 0.15) is 25.5 Å². The van der Waals surface area contributed by atoms with Crippen molar-refractivity contribution in [2.45, 2.75) is 25.7 Å². The van der Waals surface area contributed by atoms with E-state index in [2.05, 4.69) is 0 Å². The van der Waals surface area contributed by atoms with Gasteiger partial charge in [-0.2, -0.15) is 0 Å². The lowest BCUT2D eigenvalue weighted by Crippen LogP contribution is -2.48. The number of rotatable bonds is 3. The molecule has 1 saturated heterocycles. The van der Waals surface area contributed by atoms with Gasteiger partial charge in [0.25, 0.3) is 5.79 Å². The summed E-state index contributed by atoms with van der Waals surface area (Å²) in [6.07, 6.45) is -0.711. The molecular weight excluding hydrogens is 248 g/mol. The normalized spacial score (nSPS) is 20.6. The minimum absolute atomic E-state index is 0.628. The molecule has 1 aromatic carbocycles. The lowest BCUT2D eigenvalue weighted by Gasteiger charge is -2.35. The van der Waals surface area contributed by atoms with Crippen molar-refractivity contribution in [3.05, 3.63) is 35.9 Å². The van der Waals surface area contributed by atoms with E-state index in [0.717, 1.165) is 5.56 Å². The van der Waals surface area contributed by atoms with Crippen LogP contribution in [0.15, 0.2) is 30.3 Å². The number of carbonyl (C=O) groups is 2. The number of esters is 2. The van der Waals surface area contributed by atoms with Crippen LogP contribution in [0.25, 0.3) is 0 Å². The molecule has 5 nitrogen and oxygen atoms in total. The standard InChI is InChI=1S/C14H16O5/c1-14(2)18-12(15)10(13(16)19-14)11(17-3)9-7-5-4-6-8-9/h4-8,10-11H,1-3H3. The van der Waals surface area contributed by atoms with E-state index in [-0.39, 0.29) is 0 Å². The Balaban J connectivity index is 2.29. The Labute approximate surface area is 111 Å². The molecule has 1 heterocycles. The molecule has 1 aromatic rings. The number of methoxy groups -OCH3 is 1. The van der Waals surface area contributed by atoms with E-state index in [1.807, 2.05) is 18.2 Å². The van der Waals surface area contributed by atoms with E-state index < -0.39 is 29.7 Å². The zero-order valence-corrected chi connectivity index (χ0v) is 11.1. The number of hydrogen-bond acceptors (Lipinski definition) is 5. The summed E-state index contributed by atoms with van der Waals surface area (Å²) >= 11 is 0. The summed E-state index contributed by atoms with van der Waals surface area (Å²) in [7, 11) is 1.44. The SMILES string of the molecule is COC(c1ccccc1)C1C(=O)OC(C)(C)OC1=O. The summed E-state index contributed by atoms with van der Waals surface area (Å²) in [4.78, 5) is 24.0. The third kappa shape index (κ3) is 2.76. The molecule has 2 rings (SSSR count). The highest BCUT2D eigenvalue weighted by Crippen LogP contribution is 2.33. The Bertz CT molecular complexity index is 460. The molecule has 0 amide bonds. The van der Waals surface area contributed by atoms with Crippen molar-refractivity contribution in [1.29, 1.82) is 0 Å². The van der Waals surface area contributed by atoms with E-state index in [1.165, 1.54) is 21.0 Å². The van der Waals surface area contributed by atoms with E-state index in [9.17, 15) is 9.59 Å². The van der Waals surface area contributed by atoms with Gasteiger partial charge >= 0.3 is 11.9 Å². The minimum Gasteiger partial charge on any atom is -0.422 e. The van der Waals surface area contributed by atoms with Gasteiger partial charge in [-0.3, -0.25) is 9.59 Å². The lowest BCUT2D eigenvalue weighted by atomic mass is 9.94. The van der Waals surface area contributed by atoms with E-state index in [1.54, 1.807) is 12.1 Å². The van der Waals surface area contributed by atoms with Gasteiger partial charge in [0.1, 0.15) is 6.10 Å². The fourth-order valence-electron chi connectivity index (χ4n) is 2.08. The van der Waals surface area contributed by atoms with Gasteiger partial charge in [-0.05, 0) is 5.56 Å². The maximum Gasteiger partial charge on any atom is 0.326 e. The predicted molar refractivity (Wildman–Crippen MR) is 65.9 cm³/mol. The Hall–Kier alpha value is -1.88. The summed E-state index contributed by atoms with van der Waals surface area (Å²) in [6, 6.07) is 9.04. The largest absolute Gasteiger partial charge is 0.422 e. The Morgan fingerprint density at radius 3 is 2.11 bits per heavy atom. The van der Waals surface area contributed by atoms with Gasteiger partial charge < -0.3 is 14.2 Å². The second kappa shape index (κ2) is 5.01. The van der Waals surface area contributed by atoms with Crippen LogP contribution in [0.2, 0.25) is 0 Å². The van der Waals surface area contributed by atoms with Crippen LogP contribution in [0.4, 0.5) is 0 Å². The first-order valence-corrected chi connectivity index (χ1v) is 5.98. The van der Waals surface area contributed by atoms with Crippen LogP contribution in [-0.2, 0) is 23.8 Å². The molecule has 1 fully saturated rings. The predicted octanol–water partition coefficient (Wildman–Crippen LogP) is 1.83. The Morgan fingerprint density at radius 2 is 1.63 bits per heavy atom. The molecule has 0 aliphatic carbocycles. The molecule has 1 aliphatic rings. The highest BCUT2D eigenvalue weighted by molar-refractivity contribution is 5.97. The first-order chi connectivity index (χ1) is 8.94. The molecule has 0 radical (unpaired) electrons. The first-order valence-electron chi connectivity index (χ1n) is 5.98. The van der Waals surface area contributed by atoms with Gasteiger partial charge in [-0.1, -0.05) is 30.3 Å². The van der Waals surface area contributed by atoms with Crippen molar-refractivity contribution in [3.63, 3.8) is 0 Å². The average molecular weight is 264 g/mol. The summed E-state index contributed by atoms with van der Waals surface area (Å²) < 4.78 is 15.5. The number of carbonyl (C=O) groups excluding carboxylic acids is 2. The fraction of sp³-hybridized carbons (Fsp3) is 0.429. The molecule has 0 spiro atoms. The zero-order chi connectivity index (χ0) is 14.0. The first kappa shape index (κ1) is 13.5. The van der Waals surface area contributed by atoms with Crippen molar-refractivity contribution in [3.8, 4) is 0 Å². The van der Waals surface area contributed by atoms with E-state index >= 15 is 0 Å². The number of benzene rings is 1. The lowest BCUT2D eigenvalue weighted by molar-refractivity contribution is -0.245. The molecule has 1 aliphatic heterocycles. The van der Waals surface area contributed by atoms with Gasteiger partial charge in [-0.15, -0.1) is 0 Å². The third-order valence-electron chi connectivity index (χ3n) is 2.89. The maximum atomic E-state index is 12.0. The average Bonchev–Trinajstić information content (AvgIpc) is 2.33. The quantitative estimate of drug-likeness (QED) is 0.615. The number of hydrogen-bond donors (Lipinski definition) is 0. The fourth-order valence-corrected chi connectivity index (χ4v) is 2.08. The Kier molecular flexibility index (Phi) is 3.57. The van der Waals surface area contributed by atoms with Crippen LogP contribution in [-0.4, -0.2) is 24.8 Å². The molecule has 19 heavy (non-hydrogen) atoms. The van der Waals surface area contributed by atoms with Crippen molar-refractivity contribution in [1.82, 2.24) is 0 Å². The van der Waals surface area contributed by atoms with E-state index in [4.69, 9.17) is 14.2 Å². The van der Waals surface area contributed by atoms with Crippen molar-refractivity contribution < 1.29 is 23.8 Å². The van der Waals surface area contributed by atoms with Crippen molar-refractivity contribution >= 4 is 11.9 Å². The summed E-state index contributed by atoms with van der Waals surface area (Å²) in [6.45, 7) is 3.03. The molecule has 5 heteroatoms. The van der Waals surface area contributed by atoms with Gasteiger partial charge in [0.05, 0.1) is 0 Å². The summed E-state index contributed by atoms with van der Waals surface area (Å²) in [5, 5.41) is 0. The smallest absolute Gasteiger partial charge is 0.326 e. The molecule has 1 atom stereocenters. The van der Waals surface area contributed by atoms with Crippen LogP contribution in [0, 0.1) is 5.92 Å². The molecule has 102 valence electrons. The number of ether oxygens (including phenoxy) is 3. The van der Waals surface area contributed by atoms with Gasteiger partial charge in [0.15, 0.2) is 5.92 Å². The molecule has 0 bridgehead atoms. The topological polar surface area (TPSA) is 61.8 Å². The number of cyclic esters (lactones) is 2. The second-order valence-electron chi connectivity index (χ2n) is 4.79. The van der Waals surface area contributed by atoms with Gasteiger partial charge in [0.2, 0.25) is 0 Å². The highest BCUT2D eigenvalue weighted by Gasteiger charge is 2.47. The van der Waals surface area contributed by atoms with E-state index in [0.29, 0.717) is 0 Å². The molecule has 0 saturated carbocycles. The van der Waals surface area contributed by atoms with Crippen molar-refractivity contribution in [2.75, 3.05) is 7.11 Å². The summed E-state index contributed by atoms with van der Waals surface area (Å²) in [5.74, 6) is -3.58. The Morgan fingerprint density at radius 1 is 1.11 bits per heavy atom. The van der Waals surface area contributed by atoms with Crippen LogP contribution in [0.3, 0.4) is 0 Å². The van der Waals surface area contributed by atoms with Crippen LogP contribution in [0.5, 0.6) is 0 Å². The molecule has 1 unspecified atom stereocenters. The van der Waals surface area contributed by atoms with Crippen molar-refractivity contribution in [2.24, 2.45) is 5.92 Å². The van der Waals surface area contributed by atoms with Crippen LogP contribution >= 0.6 is 0 Å². The molecular formula is C14H16O5. The third-order valence-corrected chi connectivity index (χ3v) is 2.89. The molecule has 0 N–H and O–H groups in total. The molecule has 0 aromatic heterocycles. The zero-order valence-electron chi connectivity index (χ0n) is 11.1. The minimum atomic E-state index is -1.22. The van der Waals surface area contributed by atoms with Gasteiger partial charge in [0, 0.05) is 21.0 Å².